The Kier molecular flexibility index (Phi) is 8.04. The Hall–Kier alpha value is -4.28. The van der Waals surface area contributed by atoms with Crippen LogP contribution in [-0.4, -0.2) is 60.6 Å². The van der Waals surface area contributed by atoms with Gasteiger partial charge < -0.3 is 18.9 Å². The zero-order valence-electron chi connectivity index (χ0n) is 21.6. The molecule has 2 heterocycles. The molecule has 38 heavy (non-hydrogen) atoms. The molecular weight excluding hydrogens is 492 g/mol. The fourth-order valence-electron chi connectivity index (χ4n) is 4.17. The number of benzene rings is 2. The van der Waals surface area contributed by atoms with Crippen LogP contribution in [0.25, 0.3) is 11.4 Å². The maximum absolute atomic E-state index is 13.9. The van der Waals surface area contributed by atoms with E-state index in [2.05, 4.69) is 0 Å². The number of nitrogens with zero attached hydrogens (tertiary/aromatic N) is 2. The Morgan fingerprint density at radius 3 is 1.29 bits per heavy atom. The van der Waals surface area contributed by atoms with E-state index in [9.17, 15) is 19.2 Å². The lowest BCUT2D eigenvalue weighted by atomic mass is 10.0. The standard InChI is InChI=1S/C28H28N2O8/c1-17-5-9-21(10-6-17)25-23-24(28(34)29(25)13-35-15-37-19(3)31)26(22-11-7-18(2)8-12-22)30(27(23)33)14-36-16-38-20(4)32/h5-12H,13-16H2,1-4H3. The van der Waals surface area contributed by atoms with Crippen LogP contribution in [0.1, 0.15) is 36.1 Å². The van der Waals surface area contributed by atoms with Gasteiger partial charge in [0.2, 0.25) is 0 Å². The maximum atomic E-state index is 13.9. The molecule has 0 atom stereocenters. The number of ether oxygens (including phenoxy) is 4. The first-order chi connectivity index (χ1) is 18.2. The van der Waals surface area contributed by atoms with Gasteiger partial charge in [0.1, 0.15) is 13.5 Å². The summed E-state index contributed by atoms with van der Waals surface area (Å²) in [5, 5.41) is 0. The Balaban J connectivity index is 1.80. The number of hydrogen-bond acceptors (Lipinski definition) is 8. The van der Waals surface area contributed by atoms with E-state index in [1.807, 2.05) is 62.4 Å². The summed E-state index contributed by atoms with van der Waals surface area (Å²) in [5.41, 5.74) is 4.48. The van der Waals surface area contributed by atoms with Crippen LogP contribution >= 0.6 is 0 Å². The number of carbonyl (C=O) groups excluding carboxylic acids is 4. The normalized spacial score (nSPS) is 14.9. The van der Waals surface area contributed by atoms with Crippen molar-refractivity contribution in [3.8, 4) is 0 Å². The van der Waals surface area contributed by atoms with Crippen molar-refractivity contribution in [2.24, 2.45) is 0 Å². The van der Waals surface area contributed by atoms with Crippen molar-refractivity contribution >= 4 is 35.1 Å². The fraction of sp³-hybridized carbons (Fsp3) is 0.286. The summed E-state index contributed by atoms with van der Waals surface area (Å²) in [6.07, 6.45) is 0. The number of esters is 2. The highest BCUT2D eigenvalue weighted by Crippen LogP contribution is 2.46. The second kappa shape index (κ2) is 11.4. The van der Waals surface area contributed by atoms with E-state index < -0.39 is 23.8 Å². The topological polar surface area (TPSA) is 112 Å². The average molecular weight is 521 g/mol. The number of aryl methyl sites for hydroxylation is 2. The lowest BCUT2D eigenvalue weighted by Crippen LogP contribution is -2.33. The molecule has 198 valence electrons. The average Bonchev–Trinajstić information content (AvgIpc) is 3.32. The van der Waals surface area contributed by atoms with Gasteiger partial charge in [-0.05, 0) is 25.0 Å². The van der Waals surface area contributed by atoms with Crippen LogP contribution < -0.4 is 0 Å². The lowest BCUT2D eigenvalue weighted by Gasteiger charge is -2.25. The molecule has 0 bridgehead atoms. The van der Waals surface area contributed by atoms with Crippen LogP contribution in [0.5, 0.6) is 0 Å². The van der Waals surface area contributed by atoms with Crippen molar-refractivity contribution in [2.75, 3.05) is 27.0 Å². The third kappa shape index (κ3) is 5.51. The van der Waals surface area contributed by atoms with Gasteiger partial charge in [-0.3, -0.25) is 29.0 Å². The quantitative estimate of drug-likeness (QED) is 0.267. The number of rotatable bonds is 10. The van der Waals surface area contributed by atoms with Gasteiger partial charge >= 0.3 is 11.9 Å². The van der Waals surface area contributed by atoms with Crippen LogP contribution in [-0.2, 0) is 38.1 Å². The monoisotopic (exact) mass is 520 g/mol. The molecule has 0 radical (unpaired) electrons. The van der Waals surface area contributed by atoms with Gasteiger partial charge in [-0.15, -0.1) is 0 Å². The SMILES string of the molecule is CC(=O)OCOCN1C(=O)C2=C(c3ccc(C)cc3)N(COCOC(C)=O)C(=O)C2=C1c1ccc(C)cc1. The molecule has 0 saturated carbocycles. The molecule has 0 spiro atoms. The highest BCUT2D eigenvalue weighted by Gasteiger charge is 2.49. The Labute approximate surface area is 220 Å². The van der Waals surface area contributed by atoms with Gasteiger partial charge in [0.15, 0.2) is 13.6 Å². The van der Waals surface area contributed by atoms with Crippen LogP contribution in [0.3, 0.4) is 0 Å². The minimum absolute atomic E-state index is 0.210. The summed E-state index contributed by atoms with van der Waals surface area (Å²) in [4.78, 5) is 52.8. The Morgan fingerprint density at radius 2 is 0.974 bits per heavy atom. The van der Waals surface area contributed by atoms with Gasteiger partial charge in [-0.2, -0.15) is 0 Å². The van der Waals surface area contributed by atoms with Gasteiger partial charge in [-0.25, -0.2) is 0 Å². The number of hydrogen-bond donors (Lipinski definition) is 0. The molecule has 10 heteroatoms. The predicted octanol–water partition coefficient (Wildman–Crippen LogP) is 3.10. The molecule has 4 rings (SSSR count). The minimum atomic E-state index is -0.518. The second-order valence-electron chi connectivity index (χ2n) is 8.82. The van der Waals surface area contributed by atoms with Gasteiger partial charge in [0.05, 0.1) is 22.5 Å². The first-order valence-corrected chi connectivity index (χ1v) is 11.9. The summed E-state index contributed by atoms with van der Waals surface area (Å²) in [7, 11) is 0. The first kappa shape index (κ1) is 26.8. The second-order valence-corrected chi connectivity index (χ2v) is 8.82. The van der Waals surface area contributed by atoms with Gasteiger partial charge in [0, 0.05) is 13.8 Å². The van der Waals surface area contributed by atoms with Crippen LogP contribution in [0.4, 0.5) is 0 Å². The maximum Gasteiger partial charge on any atom is 0.304 e. The molecule has 0 saturated heterocycles. The summed E-state index contributed by atoms with van der Waals surface area (Å²) in [5.74, 6) is -1.92. The van der Waals surface area contributed by atoms with Crippen molar-refractivity contribution in [1.82, 2.24) is 9.80 Å². The smallest absolute Gasteiger partial charge is 0.304 e. The molecule has 2 aliphatic heterocycles. The third-order valence-electron chi connectivity index (χ3n) is 5.96. The molecular formula is C28H28N2O8. The highest BCUT2D eigenvalue weighted by atomic mass is 16.7. The van der Waals surface area contributed by atoms with Crippen LogP contribution in [0.15, 0.2) is 59.7 Å². The van der Waals surface area contributed by atoms with Crippen molar-refractivity contribution < 1.29 is 38.1 Å². The summed E-state index contributed by atoms with van der Waals surface area (Å²) < 4.78 is 20.6. The summed E-state index contributed by atoms with van der Waals surface area (Å²) >= 11 is 0. The summed E-state index contributed by atoms with van der Waals surface area (Å²) in [6, 6.07) is 14.8. The van der Waals surface area contributed by atoms with Crippen molar-refractivity contribution in [2.45, 2.75) is 27.7 Å². The zero-order valence-corrected chi connectivity index (χ0v) is 21.6. The predicted molar refractivity (Wildman–Crippen MR) is 135 cm³/mol. The van der Waals surface area contributed by atoms with Crippen molar-refractivity contribution in [3.63, 3.8) is 0 Å². The first-order valence-electron chi connectivity index (χ1n) is 11.9. The fourth-order valence-corrected chi connectivity index (χ4v) is 4.17. The number of carbonyl (C=O) groups is 4. The van der Waals surface area contributed by atoms with E-state index in [1.54, 1.807) is 0 Å². The molecule has 2 aromatic carbocycles. The zero-order chi connectivity index (χ0) is 27.4. The van der Waals surface area contributed by atoms with Crippen LogP contribution in [0.2, 0.25) is 0 Å². The van der Waals surface area contributed by atoms with E-state index in [1.165, 1.54) is 23.6 Å². The molecule has 2 amide bonds. The molecule has 0 fully saturated rings. The molecule has 2 aromatic rings. The van der Waals surface area contributed by atoms with Crippen LogP contribution in [0, 0.1) is 13.8 Å². The lowest BCUT2D eigenvalue weighted by molar-refractivity contribution is -0.158. The molecule has 0 N–H and O–H groups in total. The third-order valence-corrected chi connectivity index (χ3v) is 5.96. The van der Waals surface area contributed by atoms with Crippen molar-refractivity contribution in [1.29, 1.82) is 0 Å². The largest absolute Gasteiger partial charge is 0.439 e. The van der Waals surface area contributed by atoms with E-state index in [0.29, 0.717) is 22.5 Å². The molecule has 2 aliphatic rings. The highest BCUT2D eigenvalue weighted by molar-refractivity contribution is 6.30. The molecule has 10 nitrogen and oxygen atoms in total. The molecule has 0 unspecified atom stereocenters. The van der Waals surface area contributed by atoms with Gasteiger partial charge in [0.25, 0.3) is 11.8 Å². The van der Waals surface area contributed by atoms with E-state index in [4.69, 9.17) is 18.9 Å². The van der Waals surface area contributed by atoms with E-state index in [-0.39, 0.29) is 38.2 Å². The van der Waals surface area contributed by atoms with E-state index in [0.717, 1.165) is 11.1 Å². The van der Waals surface area contributed by atoms with E-state index >= 15 is 0 Å². The number of fused-ring (bicyclic) bond motifs is 1. The molecule has 0 aromatic heterocycles. The Morgan fingerprint density at radius 1 is 0.632 bits per heavy atom. The Bertz CT molecular complexity index is 1220. The molecule has 0 aliphatic carbocycles. The minimum Gasteiger partial charge on any atom is -0.439 e. The van der Waals surface area contributed by atoms with Gasteiger partial charge in [-0.1, -0.05) is 59.7 Å². The summed E-state index contributed by atoms with van der Waals surface area (Å²) in [6.45, 7) is 5.22. The number of amides is 2. The van der Waals surface area contributed by atoms with Crippen molar-refractivity contribution in [3.05, 3.63) is 81.9 Å².